The van der Waals surface area contributed by atoms with Gasteiger partial charge in [-0.05, 0) is 36.4 Å². The molecule has 5 heteroatoms. The molecule has 104 valence electrons. The van der Waals surface area contributed by atoms with E-state index in [1.54, 1.807) is 36.4 Å². The largest absolute Gasteiger partial charge is 0.465 e. The quantitative estimate of drug-likeness (QED) is 0.757. The van der Waals surface area contributed by atoms with Crippen molar-refractivity contribution < 1.29 is 13.6 Å². The minimum Gasteiger partial charge on any atom is -0.465 e. The zero-order valence-corrected chi connectivity index (χ0v) is 11.2. The van der Waals surface area contributed by atoms with Gasteiger partial charge in [0.15, 0.2) is 0 Å². The average molecular weight is 280 g/mol. The molecular weight excluding hydrogens is 268 g/mol. The topological polar surface area (TPSA) is 83.1 Å². The van der Waals surface area contributed by atoms with Crippen LogP contribution in [0.4, 0.5) is 0 Å². The molecule has 0 unspecified atom stereocenters. The molecule has 0 spiro atoms. The Morgan fingerprint density at radius 3 is 1.76 bits per heavy atom. The van der Waals surface area contributed by atoms with Gasteiger partial charge >= 0.3 is 0 Å². The van der Waals surface area contributed by atoms with Gasteiger partial charge in [-0.3, -0.25) is 0 Å². The molecule has 0 aromatic carbocycles. The highest BCUT2D eigenvalue weighted by atomic mass is 16.5. The Kier molecular flexibility index (Phi) is 5.17. The smallest absolute Gasteiger partial charge is 0.127 e. The first-order valence-electron chi connectivity index (χ1n) is 6.18. The van der Waals surface area contributed by atoms with E-state index in [-0.39, 0.29) is 13.2 Å². The van der Waals surface area contributed by atoms with Crippen LogP contribution in [0.5, 0.6) is 0 Å². The zero-order valence-electron chi connectivity index (χ0n) is 11.2. The van der Waals surface area contributed by atoms with Gasteiger partial charge in [0.1, 0.15) is 11.5 Å². The van der Waals surface area contributed by atoms with Crippen molar-refractivity contribution in [2.45, 2.75) is 0 Å². The fraction of sp³-hybridized carbons (Fsp3) is 0.125. The SMILES string of the molecule is N#CC(=Cc1ccco1)COCC(C#N)=Cc1ccco1. The van der Waals surface area contributed by atoms with E-state index < -0.39 is 0 Å². The lowest BCUT2D eigenvalue weighted by atomic mass is 10.2. The van der Waals surface area contributed by atoms with E-state index in [1.807, 2.05) is 12.1 Å². The minimum atomic E-state index is 0.106. The van der Waals surface area contributed by atoms with E-state index in [1.165, 1.54) is 12.5 Å². The van der Waals surface area contributed by atoms with Crippen molar-refractivity contribution in [1.29, 1.82) is 10.5 Å². The lowest BCUT2D eigenvalue weighted by Gasteiger charge is -2.01. The van der Waals surface area contributed by atoms with Gasteiger partial charge in [-0.2, -0.15) is 10.5 Å². The second-order valence-corrected chi connectivity index (χ2v) is 4.09. The van der Waals surface area contributed by atoms with Crippen molar-refractivity contribution in [2.24, 2.45) is 0 Å². The average Bonchev–Trinajstić information content (AvgIpc) is 3.18. The lowest BCUT2D eigenvalue weighted by molar-refractivity contribution is 0.186. The normalized spacial score (nSPS) is 11.9. The Morgan fingerprint density at radius 1 is 0.952 bits per heavy atom. The Labute approximate surface area is 122 Å². The van der Waals surface area contributed by atoms with Crippen molar-refractivity contribution in [3.05, 3.63) is 59.5 Å². The van der Waals surface area contributed by atoms with Gasteiger partial charge in [0.2, 0.25) is 0 Å². The molecule has 0 radical (unpaired) electrons. The molecular formula is C16H12N2O3. The minimum absolute atomic E-state index is 0.106. The van der Waals surface area contributed by atoms with Gasteiger partial charge in [-0.1, -0.05) is 0 Å². The van der Waals surface area contributed by atoms with Crippen LogP contribution in [-0.2, 0) is 4.74 Å². The molecule has 0 aliphatic rings. The summed E-state index contributed by atoms with van der Waals surface area (Å²) in [4.78, 5) is 0. The van der Waals surface area contributed by atoms with E-state index in [9.17, 15) is 0 Å². The standard InChI is InChI=1S/C16H12N2O3/c17-9-13(7-15-3-1-5-20-15)11-19-12-14(10-18)8-16-4-2-6-21-16/h1-8H,11-12H2. The van der Waals surface area contributed by atoms with Gasteiger partial charge in [0.25, 0.3) is 0 Å². The molecule has 2 heterocycles. The monoisotopic (exact) mass is 280 g/mol. The lowest BCUT2D eigenvalue weighted by Crippen LogP contribution is -2.00. The van der Waals surface area contributed by atoms with Crippen LogP contribution >= 0.6 is 0 Å². The molecule has 0 N–H and O–H groups in total. The van der Waals surface area contributed by atoms with Crippen molar-refractivity contribution in [3.8, 4) is 12.1 Å². The Morgan fingerprint density at radius 2 is 1.43 bits per heavy atom. The number of hydrogen-bond acceptors (Lipinski definition) is 5. The first-order chi connectivity index (χ1) is 10.3. The van der Waals surface area contributed by atoms with Crippen LogP contribution < -0.4 is 0 Å². The van der Waals surface area contributed by atoms with Gasteiger partial charge in [0.05, 0.1) is 49.0 Å². The third kappa shape index (κ3) is 4.54. The Balaban J connectivity index is 1.91. The molecule has 2 aromatic rings. The maximum Gasteiger partial charge on any atom is 0.127 e. The van der Waals surface area contributed by atoms with Crippen LogP contribution in [0, 0.1) is 22.7 Å². The predicted octanol–water partition coefficient (Wildman–Crippen LogP) is 3.40. The second kappa shape index (κ2) is 7.54. The zero-order chi connectivity index (χ0) is 14.9. The molecule has 2 rings (SSSR count). The van der Waals surface area contributed by atoms with Crippen LogP contribution in [0.15, 0.2) is 56.8 Å². The number of ether oxygens (including phenoxy) is 1. The maximum atomic E-state index is 9.02. The summed E-state index contributed by atoms with van der Waals surface area (Å²) in [5.41, 5.74) is 0.834. The summed E-state index contributed by atoms with van der Waals surface area (Å²) >= 11 is 0. The van der Waals surface area contributed by atoms with Crippen molar-refractivity contribution in [3.63, 3.8) is 0 Å². The highest BCUT2D eigenvalue weighted by molar-refractivity contribution is 5.54. The number of nitriles is 2. The van der Waals surface area contributed by atoms with Gasteiger partial charge in [-0.25, -0.2) is 0 Å². The molecule has 21 heavy (non-hydrogen) atoms. The van der Waals surface area contributed by atoms with Crippen molar-refractivity contribution >= 4 is 12.2 Å². The maximum absolute atomic E-state index is 9.02. The number of rotatable bonds is 6. The fourth-order valence-electron chi connectivity index (χ4n) is 1.57. The molecule has 0 saturated heterocycles. The highest BCUT2D eigenvalue weighted by Crippen LogP contribution is 2.10. The van der Waals surface area contributed by atoms with Crippen LogP contribution in [0.25, 0.3) is 12.2 Å². The number of nitrogens with zero attached hydrogens (tertiary/aromatic N) is 2. The third-order valence-corrected chi connectivity index (χ3v) is 2.52. The summed E-state index contributed by atoms with van der Waals surface area (Å²) in [6.07, 6.45) is 6.26. The van der Waals surface area contributed by atoms with Crippen molar-refractivity contribution in [1.82, 2.24) is 0 Å². The third-order valence-electron chi connectivity index (χ3n) is 2.52. The van der Waals surface area contributed by atoms with Crippen LogP contribution in [-0.4, -0.2) is 13.2 Å². The summed E-state index contributed by atoms with van der Waals surface area (Å²) in [5, 5.41) is 18.0. The Bertz CT molecular complexity index is 634. The fourth-order valence-corrected chi connectivity index (χ4v) is 1.57. The summed E-state index contributed by atoms with van der Waals surface area (Å²) in [6.45, 7) is 0.211. The molecule has 0 aliphatic heterocycles. The van der Waals surface area contributed by atoms with E-state index in [4.69, 9.17) is 24.1 Å². The Hall–Kier alpha value is -3.02. The number of hydrogen-bond donors (Lipinski definition) is 0. The summed E-state index contributed by atoms with van der Waals surface area (Å²) in [7, 11) is 0. The van der Waals surface area contributed by atoms with Crippen LogP contribution in [0.3, 0.4) is 0 Å². The van der Waals surface area contributed by atoms with Crippen molar-refractivity contribution in [2.75, 3.05) is 13.2 Å². The molecule has 5 nitrogen and oxygen atoms in total. The number of furan rings is 2. The summed E-state index contributed by atoms with van der Waals surface area (Å²) in [5.74, 6) is 1.17. The predicted molar refractivity (Wildman–Crippen MR) is 75.4 cm³/mol. The van der Waals surface area contributed by atoms with Gasteiger partial charge in [0, 0.05) is 0 Å². The first kappa shape index (κ1) is 14.4. The molecule has 0 amide bonds. The van der Waals surface area contributed by atoms with E-state index in [0.717, 1.165) is 0 Å². The summed E-state index contributed by atoms with van der Waals surface area (Å²) in [6, 6.07) is 11.0. The van der Waals surface area contributed by atoms with Gasteiger partial charge < -0.3 is 13.6 Å². The molecule has 0 saturated carbocycles. The van der Waals surface area contributed by atoms with E-state index >= 15 is 0 Å². The van der Waals surface area contributed by atoms with Crippen LogP contribution in [0.1, 0.15) is 11.5 Å². The van der Waals surface area contributed by atoms with Gasteiger partial charge in [-0.15, -0.1) is 0 Å². The van der Waals surface area contributed by atoms with E-state index in [2.05, 4.69) is 0 Å². The molecule has 2 aromatic heterocycles. The second-order valence-electron chi connectivity index (χ2n) is 4.09. The molecule has 0 fully saturated rings. The van der Waals surface area contributed by atoms with E-state index in [0.29, 0.717) is 22.7 Å². The van der Waals surface area contributed by atoms with Crippen LogP contribution in [0.2, 0.25) is 0 Å². The highest BCUT2D eigenvalue weighted by Gasteiger charge is 2.02. The summed E-state index contributed by atoms with van der Waals surface area (Å²) < 4.78 is 15.6. The molecule has 0 atom stereocenters. The molecule has 0 aliphatic carbocycles. The molecule has 0 bridgehead atoms. The first-order valence-corrected chi connectivity index (χ1v) is 6.18.